The molecule has 1 unspecified atom stereocenters. The number of hydrogen-bond acceptors (Lipinski definition) is 4. The van der Waals surface area contributed by atoms with Crippen molar-refractivity contribution in [2.75, 3.05) is 20.2 Å². The van der Waals surface area contributed by atoms with Crippen LogP contribution in [0.3, 0.4) is 0 Å². The second-order valence-corrected chi connectivity index (χ2v) is 2.08. The van der Waals surface area contributed by atoms with Crippen LogP contribution in [-0.4, -0.2) is 25.9 Å². The summed E-state index contributed by atoms with van der Waals surface area (Å²) >= 11 is 0. The first kappa shape index (κ1) is 7.03. The minimum absolute atomic E-state index is 0.0973. The highest BCUT2D eigenvalue weighted by atomic mass is 16.6. The predicted octanol–water partition coefficient (Wildman–Crippen LogP) is -0.268. The van der Waals surface area contributed by atoms with Crippen molar-refractivity contribution in [1.29, 1.82) is 5.26 Å². The Balaban J connectivity index is 2.60. The van der Waals surface area contributed by atoms with Gasteiger partial charge in [-0.1, -0.05) is 5.16 Å². The molecule has 4 nitrogen and oxygen atoms in total. The fourth-order valence-corrected chi connectivity index (χ4v) is 0.919. The van der Waals surface area contributed by atoms with Crippen molar-refractivity contribution >= 4 is 5.71 Å². The van der Waals surface area contributed by atoms with Crippen LogP contribution in [0.1, 0.15) is 0 Å². The van der Waals surface area contributed by atoms with Crippen LogP contribution < -0.4 is 5.32 Å². The average Bonchev–Trinajstić information content (AvgIpc) is 2.36. The Labute approximate surface area is 59.5 Å². The molecule has 0 aromatic heterocycles. The first-order chi connectivity index (χ1) is 4.88. The maximum Gasteiger partial charge on any atom is 0.106 e. The molecule has 1 N–H and O–H groups in total. The van der Waals surface area contributed by atoms with Crippen molar-refractivity contribution < 1.29 is 4.84 Å². The first-order valence-electron chi connectivity index (χ1n) is 3.08. The lowest BCUT2D eigenvalue weighted by Crippen LogP contribution is -2.09. The lowest BCUT2D eigenvalue weighted by Gasteiger charge is -1.95. The highest BCUT2D eigenvalue weighted by molar-refractivity contribution is 5.92. The molecular formula is C6H9N3O. The van der Waals surface area contributed by atoms with Gasteiger partial charge in [0, 0.05) is 13.1 Å². The van der Waals surface area contributed by atoms with Gasteiger partial charge in [-0.05, 0) is 0 Å². The highest BCUT2D eigenvalue weighted by Crippen LogP contribution is 2.03. The molecule has 1 aliphatic rings. The molecule has 0 bridgehead atoms. The Morgan fingerprint density at radius 1 is 1.90 bits per heavy atom. The van der Waals surface area contributed by atoms with E-state index in [-0.39, 0.29) is 5.92 Å². The summed E-state index contributed by atoms with van der Waals surface area (Å²) in [5, 5.41) is 15.3. The lowest BCUT2D eigenvalue weighted by molar-refractivity contribution is 0.212. The van der Waals surface area contributed by atoms with Gasteiger partial charge in [-0.15, -0.1) is 0 Å². The molecule has 4 heteroatoms. The predicted molar refractivity (Wildman–Crippen MR) is 36.4 cm³/mol. The molecule has 1 saturated heterocycles. The normalized spacial score (nSPS) is 28.4. The SMILES string of the molecule is CON=C1CNCC1C#N. The molecule has 0 saturated carbocycles. The number of nitrogens with one attached hydrogen (secondary N) is 1. The fourth-order valence-electron chi connectivity index (χ4n) is 0.919. The molecule has 0 aliphatic carbocycles. The molecule has 0 radical (unpaired) electrons. The monoisotopic (exact) mass is 139 g/mol. The zero-order chi connectivity index (χ0) is 7.40. The van der Waals surface area contributed by atoms with E-state index in [0.29, 0.717) is 13.1 Å². The number of rotatable bonds is 1. The summed E-state index contributed by atoms with van der Waals surface area (Å²) in [6.07, 6.45) is 0. The zero-order valence-electron chi connectivity index (χ0n) is 5.79. The first-order valence-corrected chi connectivity index (χ1v) is 3.08. The van der Waals surface area contributed by atoms with Gasteiger partial charge < -0.3 is 10.2 Å². The van der Waals surface area contributed by atoms with Crippen LogP contribution in [-0.2, 0) is 4.84 Å². The number of nitriles is 1. The van der Waals surface area contributed by atoms with Gasteiger partial charge >= 0.3 is 0 Å². The molecule has 10 heavy (non-hydrogen) atoms. The van der Waals surface area contributed by atoms with Crippen molar-refractivity contribution in [3.63, 3.8) is 0 Å². The minimum atomic E-state index is -0.0973. The molecule has 1 atom stereocenters. The summed E-state index contributed by atoms with van der Waals surface area (Å²) < 4.78 is 0. The third-order valence-corrected chi connectivity index (χ3v) is 1.42. The molecule has 1 heterocycles. The van der Waals surface area contributed by atoms with Crippen molar-refractivity contribution in [1.82, 2.24) is 5.32 Å². The molecule has 1 rings (SSSR count). The quantitative estimate of drug-likeness (QED) is 0.509. The van der Waals surface area contributed by atoms with Crippen molar-refractivity contribution in [2.45, 2.75) is 0 Å². The van der Waals surface area contributed by atoms with E-state index < -0.39 is 0 Å². The Morgan fingerprint density at radius 2 is 2.70 bits per heavy atom. The second-order valence-electron chi connectivity index (χ2n) is 2.08. The van der Waals surface area contributed by atoms with E-state index in [2.05, 4.69) is 21.4 Å². The van der Waals surface area contributed by atoms with Gasteiger partial charge in [0.1, 0.15) is 13.0 Å². The van der Waals surface area contributed by atoms with E-state index in [9.17, 15) is 0 Å². The largest absolute Gasteiger partial charge is 0.399 e. The lowest BCUT2D eigenvalue weighted by atomic mass is 10.1. The maximum absolute atomic E-state index is 8.54. The molecular weight excluding hydrogens is 130 g/mol. The molecule has 0 aromatic carbocycles. The Hall–Kier alpha value is -1.08. The van der Waals surface area contributed by atoms with Crippen LogP contribution >= 0.6 is 0 Å². The third kappa shape index (κ3) is 1.25. The van der Waals surface area contributed by atoms with Gasteiger partial charge in [-0.3, -0.25) is 0 Å². The Morgan fingerprint density at radius 3 is 3.30 bits per heavy atom. The van der Waals surface area contributed by atoms with E-state index in [4.69, 9.17) is 5.26 Å². The van der Waals surface area contributed by atoms with Gasteiger partial charge in [0.15, 0.2) is 0 Å². The van der Waals surface area contributed by atoms with Gasteiger partial charge in [0.2, 0.25) is 0 Å². The van der Waals surface area contributed by atoms with Crippen molar-refractivity contribution in [3.8, 4) is 6.07 Å². The van der Waals surface area contributed by atoms with E-state index in [0.717, 1.165) is 5.71 Å². The summed E-state index contributed by atoms with van der Waals surface area (Å²) in [7, 11) is 1.49. The average molecular weight is 139 g/mol. The summed E-state index contributed by atoms with van der Waals surface area (Å²) in [5.74, 6) is -0.0973. The third-order valence-electron chi connectivity index (χ3n) is 1.42. The fraction of sp³-hybridized carbons (Fsp3) is 0.667. The van der Waals surface area contributed by atoms with Crippen LogP contribution in [0.15, 0.2) is 5.16 Å². The van der Waals surface area contributed by atoms with Crippen LogP contribution in [0.25, 0.3) is 0 Å². The summed E-state index contributed by atoms with van der Waals surface area (Å²) in [4.78, 5) is 4.55. The standard InChI is InChI=1S/C6H9N3O/c1-10-9-6-4-8-3-5(6)2-7/h5,8H,3-4H2,1H3. The maximum atomic E-state index is 8.54. The molecule has 0 amide bonds. The summed E-state index contributed by atoms with van der Waals surface area (Å²) in [5.41, 5.74) is 0.796. The second kappa shape index (κ2) is 3.18. The highest BCUT2D eigenvalue weighted by Gasteiger charge is 2.21. The Bertz CT molecular complexity index is 182. The van der Waals surface area contributed by atoms with Crippen LogP contribution in [0.4, 0.5) is 0 Å². The minimum Gasteiger partial charge on any atom is -0.399 e. The van der Waals surface area contributed by atoms with Crippen LogP contribution in [0.5, 0.6) is 0 Å². The van der Waals surface area contributed by atoms with Gasteiger partial charge in [-0.25, -0.2) is 0 Å². The van der Waals surface area contributed by atoms with Crippen molar-refractivity contribution in [3.05, 3.63) is 0 Å². The van der Waals surface area contributed by atoms with Crippen LogP contribution in [0.2, 0.25) is 0 Å². The van der Waals surface area contributed by atoms with E-state index in [1.165, 1.54) is 7.11 Å². The van der Waals surface area contributed by atoms with E-state index in [1.807, 2.05) is 0 Å². The Kier molecular flexibility index (Phi) is 2.24. The number of oxime groups is 1. The van der Waals surface area contributed by atoms with Gasteiger partial charge in [-0.2, -0.15) is 5.26 Å². The number of hydrogen-bond donors (Lipinski definition) is 1. The number of nitrogens with zero attached hydrogens (tertiary/aromatic N) is 2. The molecule has 1 fully saturated rings. The van der Waals surface area contributed by atoms with Crippen LogP contribution in [0, 0.1) is 17.2 Å². The summed E-state index contributed by atoms with van der Waals surface area (Å²) in [6, 6.07) is 2.13. The van der Waals surface area contributed by atoms with Gasteiger partial charge in [0.25, 0.3) is 0 Å². The zero-order valence-corrected chi connectivity index (χ0v) is 5.79. The summed E-state index contributed by atoms with van der Waals surface area (Å²) in [6.45, 7) is 1.37. The van der Waals surface area contributed by atoms with Crippen molar-refractivity contribution in [2.24, 2.45) is 11.1 Å². The molecule has 0 aromatic rings. The molecule has 54 valence electrons. The smallest absolute Gasteiger partial charge is 0.106 e. The van der Waals surface area contributed by atoms with E-state index in [1.54, 1.807) is 0 Å². The molecule has 0 spiro atoms. The van der Waals surface area contributed by atoms with Gasteiger partial charge in [0.05, 0.1) is 11.8 Å². The molecule has 1 aliphatic heterocycles. The topological polar surface area (TPSA) is 57.4 Å². The van der Waals surface area contributed by atoms with E-state index >= 15 is 0 Å².